The molecule has 4 nitrogen and oxygen atoms in total. The normalized spacial score (nSPS) is 30.0. The van der Waals surface area contributed by atoms with Crippen molar-refractivity contribution in [3.63, 3.8) is 0 Å². The van der Waals surface area contributed by atoms with Gasteiger partial charge < -0.3 is 15.4 Å². The zero-order chi connectivity index (χ0) is 15.5. The lowest BCUT2D eigenvalue weighted by Gasteiger charge is -2.44. The molecule has 0 radical (unpaired) electrons. The second kappa shape index (κ2) is 4.37. The number of hydrogen-bond acceptors (Lipinski definition) is 4. The summed E-state index contributed by atoms with van der Waals surface area (Å²) < 4.78 is 6.30. The standard InChI is InChI=1S/C16H22ClN3O/c1-14(2)9-16(15(3,4)21-14)10-19-13(18)20(16)12-7-5-11(17)6-8-12/h5-8H,9-10H2,1-4H3,(H2,18,19). The molecule has 114 valence electrons. The van der Waals surface area contributed by atoms with Crippen LogP contribution in [0.3, 0.4) is 0 Å². The van der Waals surface area contributed by atoms with Crippen LogP contribution >= 0.6 is 11.6 Å². The first-order valence-electron chi connectivity index (χ1n) is 7.23. The smallest absolute Gasteiger partial charge is 0.196 e. The Labute approximate surface area is 130 Å². The Morgan fingerprint density at radius 1 is 1.19 bits per heavy atom. The predicted octanol–water partition coefficient (Wildman–Crippen LogP) is 3.19. The highest BCUT2D eigenvalue weighted by Crippen LogP contribution is 2.51. The van der Waals surface area contributed by atoms with E-state index in [-0.39, 0.29) is 16.7 Å². The van der Waals surface area contributed by atoms with Gasteiger partial charge in [0.25, 0.3) is 0 Å². The molecule has 2 aliphatic heterocycles. The van der Waals surface area contributed by atoms with Crippen molar-refractivity contribution in [2.75, 3.05) is 11.4 Å². The molecule has 3 rings (SSSR count). The van der Waals surface area contributed by atoms with Gasteiger partial charge in [-0.1, -0.05) is 11.6 Å². The summed E-state index contributed by atoms with van der Waals surface area (Å²) in [6.45, 7) is 9.14. The van der Waals surface area contributed by atoms with E-state index in [9.17, 15) is 0 Å². The first kappa shape index (κ1) is 14.7. The van der Waals surface area contributed by atoms with Crippen LogP contribution in [-0.4, -0.2) is 29.2 Å². The summed E-state index contributed by atoms with van der Waals surface area (Å²) in [7, 11) is 0. The number of benzene rings is 1. The molecule has 1 spiro atoms. The average Bonchev–Trinajstić information content (AvgIpc) is 2.76. The second-order valence-corrected chi connectivity index (χ2v) is 7.50. The Kier molecular flexibility index (Phi) is 3.05. The molecule has 1 atom stereocenters. The Bertz CT molecular complexity index is 594. The first-order chi connectivity index (χ1) is 9.67. The van der Waals surface area contributed by atoms with Crippen molar-refractivity contribution in [3.8, 4) is 0 Å². The third-order valence-electron chi connectivity index (χ3n) is 4.61. The van der Waals surface area contributed by atoms with Gasteiger partial charge in [-0.25, -0.2) is 0 Å². The molecule has 0 saturated carbocycles. The number of hydrogen-bond donors (Lipinski definition) is 1. The third kappa shape index (κ3) is 2.12. The van der Waals surface area contributed by atoms with Crippen LogP contribution in [0.1, 0.15) is 34.1 Å². The largest absolute Gasteiger partial charge is 0.369 e. The van der Waals surface area contributed by atoms with E-state index in [4.69, 9.17) is 22.1 Å². The van der Waals surface area contributed by atoms with E-state index in [1.165, 1.54) is 0 Å². The maximum Gasteiger partial charge on any atom is 0.196 e. The van der Waals surface area contributed by atoms with Gasteiger partial charge in [0.15, 0.2) is 5.96 Å². The Morgan fingerprint density at radius 3 is 2.33 bits per heavy atom. The lowest BCUT2D eigenvalue weighted by Crippen LogP contribution is -2.61. The first-order valence-corrected chi connectivity index (χ1v) is 7.61. The molecule has 0 aromatic heterocycles. The molecule has 1 saturated heterocycles. The van der Waals surface area contributed by atoms with Gasteiger partial charge in [0.1, 0.15) is 0 Å². The lowest BCUT2D eigenvalue weighted by atomic mass is 9.78. The van der Waals surface area contributed by atoms with Crippen molar-refractivity contribution >= 4 is 23.2 Å². The molecule has 2 heterocycles. The van der Waals surface area contributed by atoms with E-state index in [0.29, 0.717) is 17.5 Å². The fourth-order valence-electron chi connectivity index (χ4n) is 3.88. The molecule has 21 heavy (non-hydrogen) atoms. The van der Waals surface area contributed by atoms with Gasteiger partial charge in [0, 0.05) is 17.1 Å². The second-order valence-electron chi connectivity index (χ2n) is 7.07. The maximum absolute atomic E-state index is 6.30. The molecule has 5 heteroatoms. The molecule has 1 aromatic rings. The van der Waals surface area contributed by atoms with Gasteiger partial charge in [-0.15, -0.1) is 0 Å². The zero-order valence-electron chi connectivity index (χ0n) is 13.0. The van der Waals surface area contributed by atoms with Gasteiger partial charge >= 0.3 is 0 Å². The zero-order valence-corrected chi connectivity index (χ0v) is 13.7. The number of halogens is 1. The minimum atomic E-state index is -0.346. The topological polar surface area (TPSA) is 50.8 Å². The van der Waals surface area contributed by atoms with E-state index >= 15 is 0 Å². The Morgan fingerprint density at radius 2 is 1.81 bits per heavy atom. The number of rotatable bonds is 1. The summed E-state index contributed by atoms with van der Waals surface area (Å²) in [4.78, 5) is 6.64. The Balaban J connectivity index is 2.09. The van der Waals surface area contributed by atoms with E-state index in [0.717, 1.165) is 12.1 Å². The van der Waals surface area contributed by atoms with Gasteiger partial charge in [-0.2, -0.15) is 0 Å². The molecule has 2 aliphatic rings. The molecule has 1 aromatic carbocycles. The third-order valence-corrected chi connectivity index (χ3v) is 4.87. The highest BCUT2D eigenvalue weighted by Gasteiger charge is 2.62. The molecule has 1 unspecified atom stereocenters. The van der Waals surface area contributed by atoms with Crippen molar-refractivity contribution in [1.29, 1.82) is 0 Å². The molecule has 0 amide bonds. The maximum atomic E-state index is 6.30. The van der Waals surface area contributed by atoms with Crippen LogP contribution in [0, 0.1) is 0 Å². The van der Waals surface area contributed by atoms with Gasteiger partial charge in [-0.3, -0.25) is 4.99 Å². The van der Waals surface area contributed by atoms with E-state index in [2.05, 4.69) is 37.6 Å². The van der Waals surface area contributed by atoms with Crippen LogP contribution in [0.15, 0.2) is 29.3 Å². The fraction of sp³-hybridized carbons (Fsp3) is 0.562. The van der Waals surface area contributed by atoms with Crippen molar-refractivity contribution in [2.24, 2.45) is 10.7 Å². The summed E-state index contributed by atoms with van der Waals surface area (Å²) in [6, 6.07) is 7.73. The SMILES string of the molecule is CC1(C)CC2(CN=C(N)N2c2ccc(Cl)cc2)C(C)(C)O1. The lowest BCUT2D eigenvalue weighted by molar-refractivity contribution is -0.0764. The quantitative estimate of drug-likeness (QED) is 0.867. The minimum Gasteiger partial charge on any atom is -0.369 e. The number of ether oxygens (including phenoxy) is 1. The molecular weight excluding hydrogens is 286 g/mol. The average molecular weight is 308 g/mol. The van der Waals surface area contributed by atoms with Crippen LogP contribution in [0.4, 0.5) is 5.69 Å². The highest BCUT2D eigenvalue weighted by atomic mass is 35.5. The van der Waals surface area contributed by atoms with Crippen molar-refractivity contribution < 1.29 is 4.74 Å². The molecule has 0 bridgehead atoms. The van der Waals surface area contributed by atoms with Crippen LogP contribution in [0.5, 0.6) is 0 Å². The number of nitrogens with zero attached hydrogens (tertiary/aromatic N) is 2. The van der Waals surface area contributed by atoms with Crippen LogP contribution in [0.2, 0.25) is 5.02 Å². The van der Waals surface area contributed by atoms with Gasteiger partial charge in [0.2, 0.25) is 0 Å². The number of aliphatic imine (C=N–C) groups is 1. The predicted molar refractivity (Wildman–Crippen MR) is 87.0 cm³/mol. The summed E-state index contributed by atoms with van der Waals surface area (Å²) in [5, 5.41) is 0.713. The van der Waals surface area contributed by atoms with E-state index in [1.54, 1.807) is 0 Å². The number of anilines is 1. The van der Waals surface area contributed by atoms with E-state index in [1.807, 2.05) is 24.3 Å². The van der Waals surface area contributed by atoms with Crippen LogP contribution in [-0.2, 0) is 4.74 Å². The summed E-state index contributed by atoms with van der Waals surface area (Å²) >= 11 is 6.00. The van der Waals surface area contributed by atoms with Crippen molar-refractivity contribution in [1.82, 2.24) is 0 Å². The molecule has 0 aliphatic carbocycles. The Hall–Kier alpha value is -1.26. The van der Waals surface area contributed by atoms with Gasteiger partial charge in [-0.05, 0) is 52.0 Å². The van der Waals surface area contributed by atoms with Gasteiger partial charge in [0.05, 0.1) is 23.3 Å². The summed E-state index contributed by atoms with van der Waals surface area (Å²) in [5.74, 6) is 0.548. The van der Waals surface area contributed by atoms with Crippen molar-refractivity contribution in [2.45, 2.75) is 50.9 Å². The summed E-state index contributed by atoms with van der Waals surface area (Å²) in [5.41, 5.74) is 6.41. The van der Waals surface area contributed by atoms with Crippen LogP contribution in [0.25, 0.3) is 0 Å². The molecular formula is C16H22ClN3O. The highest BCUT2D eigenvalue weighted by molar-refractivity contribution is 6.30. The van der Waals surface area contributed by atoms with Crippen molar-refractivity contribution in [3.05, 3.63) is 29.3 Å². The summed E-state index contributed by atoms with van der Waals surface area (Å²) in [6.07, 6.45) is 0.875. The number of guanidine groups is 1. The fourth-order valence-corrected chi connectivity index (χ4v) is 4.00. The minimum absolute atomic E-state index is 0.200. The molecule has 1 fully saturated rings. The monoisotopic (exact) mass is 307 g/mol. The van der Waals surface area contributed by atoms with Crippen LogP contribution < -0.4 is 10.6 Å². The van der Waals surface area contributed by atoms with E-state index < -0.39 is 0 Å². The number of nitrogens with two attached hydrogens (primary N) is 1. The molecule has 2 N–H and O–H groups in total.